The molecule has 1 fully saturated rings. The molecule has 1 saturated heterocycles. The second-order valence-corrected chi connectivity index (χ2v) is 4.43. The largest absolute Gasteiger partial charge is 0.316 e. The highest BCUT2D eigenvalue weighted by atomic mass is 15.3. The van der Waals surface area contributed by atoms with Crippen LogP contribution in [0.1, 0.15) is 24.5 Å². The summed E-state index contributed by atoms with van der Waals surface area (Å²) in [6.45, 7) is 2.18. The van der Waals surface area contributed by atoms with Gasteiger partial charge in [-0.3, -0.25) is 4.68 Å². The first-order valence-corrected chi connectivity index (χ1v) is 5.84. The molecule has 16 heavy (non-hydrogen) atoms. The lowest BCUT2D eigenvalue weighted by atomic mass is 9.94. The number of hydrogen-bond acceptors (Lipinski definition) is 3. The van der Waals surface area contributed by atoms with E-state index in [4.69, 9.17) is 0 Å². The van der Waals surface area contributed by atoms with Crippen LogP contribution in [0.25, 0.3) is 11.0 Å². The molecule has 4 nitrogen and oxygen atoms in total. The molecule has 1 atom stereocenters. The summed E-state index contributed by atoms with van der Waals surface area (Å²) in [5.74, 6) is 0.543. The first-order chi connectivity index (χ1) is 7.86. The van der Waals surface area contributed by atoms with Gasteiger partial charge in [0.05, 0.1) is 5.69 Å². The molecule has 0 unspecified atom stereocenters. The summed E-state index contributed by atoms with van der Waals surface area (Å²) in [4.78, 5) is 4.38. The number of hydrogen-bond donors (Lipinski definition) is 1. The molecule has 2 aromatic heterocycles. The summed E-state index contributed by atoms with van der Waals surface area (Å²) >= 11 is 0. The van der Waals surface area contributed by atoms with Crippen molar-refractivity contribution < 1.29 is 0 Å². The molecule has 84 valence electrons. The van der Waals surface area contributed by atoms with Gasteiger partial charge in [-0.15, -0.1) is 0 Å². The molecular formula is C12H16N4. The van der Waals surface area contributed by atoms with Crippen molar-refractivity contribution in [3.05, 3.63) is 24.0 Å². The van der Waals surface area contributed by atoms with Crippen molar-refractivity contribution in [2.24, 2.45) is 7.05 Å². The Labute approximate surface area is 94.7 Å². The Hall–Kier alpha value is -1.42. The van der Waals surface area contributed by atoms with Crippen LogP contribution < -0.4 is 5.32 Å². The third-order valence-electron chi connectivity index (χ3n) is 3.31. The van der Waals surface area contributed by atoms with E-state index in [0.29, 0.717) is 5.92 Å². The number of pyridine rings is 1. The lowest BCUT2D eigenvalue weighted by Crippen LogP contribution is -2.28. The van der Waals surface area contributed by atoms with E-state index in [0.717, 1.165) is 18.7 Å². The van der Waals surface area contributed by atoms with E-state index in [1.807, 2.05) is 24.0 Å². The minimum absolute atomic E-state index is 0.543. The van der Waals surface area contributed by atoms with Crippen molar-refractivity contribution in [1.82, 2.24) is 20.1 Å². The van der Waals surface area contributed by atoms with Crippen LogP contribution in [0.5, 0.6) is 0 Å². The Bertz CT molecular complexity index is 497. The van der Waals surface area contributed by atoms with Crippen molar-refractivity contribution in [3.63, 3.8) is 0 Å². The van der Waals surface area contributed by atoms with Crippen molar-refractivity contribution in [2.45, 2.75) is 18.8 Å². The lowest BCUT2D eigenvalue weighted by Gasteiger charge is -2.21. The Morgan fingerprint density at radius 1 is 1.50 bits per heavy atom. The van der Waals surface area contributed by atoms with Crippen LogP contribution in [0.2, 0.25) is 0 Å². The Balaban J connectivity index is 2.08. The molecule has 0 radical (unpaired) electrons. The topological polar surface area (TPSA) is 42.7 Å². The molecule has 0 spiro atoms. The second-order valence-electron chi connectivity index (χ2n) is 4.43. The molecule has 0 bridgehead atoms. The fourth-order valence-electron chi connectivity index (χ4n) is 2.50. The number of aryl methyl sites for hydroxylation is 1. The molecule has 0 aliphatic carbocycles. The Morgan fingerprint density at radius 3 is 3.25 bits per heavy atom. The quantitative estimate of drug-likeness (QED) is 0.784. The highest BCUT2D eigenvalue weighted by molar-refractivity contribution is 5.78. The van der Waals surface area contributed by atoms with E-state index in [1.54, 1.807) is 0 Å². The number of fused-ring (bicyclic) bond motifs is 1. The smallest absolute Gasteiger partial charge is 0.157 e. The minimum Gasteiger partial charge on any atom is -0.316 e. The van der Waals surface area contributed by atoms with Gasteiger partial charge in [-0.1, -0.05) is 0 Å². The molecule has 1 aliphatic heterocycles. The minimum atomic E-state index is 0.543. The van der Waals surface area contributed by atoms with E-state index in [9.17, 15) is 0 Å². The van der Waals surface area contributed by atoms with Crippen LogP contribution in [-0.4, -0.2) is 27.9 Å². The van der Waals surface area contributed by atoms with E-state index < -0.39 is 0 Å². The molecule has 0 saturated carbocycles. The zero-order valence-electron chi connectivity index (χ0n) is 9.48. The maximum Gasteiger partial charge on any atom is 0.157 e. The van der Waals surface area contributed by atoms with Crippen LogP contribution >= 0.6 is 0 Å². The summed E-state index contributed by atoms with van der Waals surface area (Å²) in [7, 11) is 1.97. The number of nitrogens with zero attached hydrogens (tertiary/aromatic N) is 3. The fourth-order valence-corrected chi connectivity index (χ4v) is 2.50. The normalized spacial score (nSPS) is 21.4. The maximum absolute atomic E-state index is 4.63. The first-order valence-electron chi connectivity index (χ1n) is 5.84. The summed E-state index contributed by atoms with van der Waals surface area (Å²) in [5, 5.41) is 9.27. The first kappa shape index (κ1) is 9.78. The standard InChI is InChI=1S/C12H16N4/c1-16-12-10(5-3-7-14-12)11(15-16)9-4-2-6-13-8-9/h3,5,7,9,13H,2,4,6,8H2,1H3/t9-/m1/s1. The number of nitrogens with one attached hydrogen (secondary N) is 1. The lowest BCUT2D eigenvalue weighted by molar-refractivity contribution is 0.453. The van der Waals surface area contributed by atoms with Crippen molar-refractivity contribution in [1.29, 1.82) is 0 Å². The summed E-state index contributed by atoms with van der Waals surface area (Å²) in [6.07, 6.45) is 4.30. The predicted octanol–water partition coefficient (Wildman–Crippen LogP) is 1.44. The summed E-state index contributed by atoms with van der Waals surface area (Å²) in [6, 6.07) is 4.11. The van der Waals surface area contributed by atoms with Crippen LogP contribution in [0.15, 0.2) is 18.3 Å². The number of piperidine rings is 1. The van der Waals surface area contributed by atoms with Crippen LogP contribution in [0.4, 0.5) is 0 Å². The summed E-state index contributed by atoms with van der Waals surface area (Å²) in [5.41, 5.74) is 2.20. The Kier molecular flexibility index (Phi) is 2.36. The Morgan fingerprint density at radius 2 is 2.44 bits per heavy atom. The molecule has 4 heteroatoms. The van der Waals surface area contributed by atoms with Gasteiger partial charge in [0.2, 0.25) is 0 Å². The van der Waals surface area contributed by atoms with Gasteiger partial charge >= 0.3 is 0 Å². The second kappa shape index (κ2) is 3.87. The third-order valence-corrected chi connectivity index (χ3v) is 3.31. The third kappa shape index (κ3) is 1.50. The molecule has 1 N–H and O–H groups in total. The van der Waals surface area contributed by atoms with E-state index >= 15 is 0 Å². The van der Waals surface area contributed by atoms with Gasteiger partial charge in [-0.05, 0) is 31.5 Å². The van der Waals surface area contributed by atoms with Crippen molar-refractivity contribution in [3.8, 4) is 0 Å². The summed E-state index contributed by atoms with van der Waals surface area (Å²) < 4.78 is 1.89. The average Bonchev–Trinajstić information content (AvgIpc) is 2.69. The van der Waals surface area contributed by atoms with Gasteiger partial charge in [-0.25, -0.2) is 4.98 Å². The molecule has 0 amide bonds. The average molecular weight is 216 g/mol. The van der Waals surface area contributed by atoms with Crippen LogP contribution in [-0.2, 0) is 7.05 Å². The van der Waals surface area contributed by atoms with Crippen molar-refractivity contribution in [2.75, 3.05) is 13.1 Å². The molecule has 1 aliphatic rings. The van der Waals surface area contributed by atoms with Gasteiger partial charge < -0.3 is 5.32 Å². The van der Waals surface area contributed by atoms with Gasteiger partial charge in [0.15, 0.2) is 5.65 Å². The van der Waals surface area contributed by atoms with Gasteiger partial charge in [-0.2, -0.15) is 5.10 Å². The SMILES string of the molecule is Cn1nc([C@@H]2CCCNC2)c2cccnc21. The zero-order chi connectivity index (χ0) is 11.0. The van der Waals surface area contributed by atoms with Crippen LogP contribution in [0.3, 0.4) is 0 Å². The van der Waals surface area contributed by atoms with Crippen LogP contribution in [0, 0.1) is 0 Å². The molecule has 3 rings (SSSR count). The van der Waals surface area contributed by atoms with Gasteiger partial charge in [0.1, 0.15) is 0 Å². The molecule has 0 aromatic carbocycles. The zero-order valence-corrected chi connectivity index (χ0v) is 9.48. The monoisotopic (exact) mass is 216 g/mol. The number of aromatic nitrogens is 3. The molecule has 3 heterocycles. The van der Waals surface area contributed by atoms with E-state index in [-0.39, 0.29) is 0 Å². The highest BCUT2D eigenvalue weighted by Crippen LogP contribution is 2.27. The highest BCUT2D eigenvalue weighted by Gasteiger charge is 2.21. The predicted molar refractivity (Wildman–Crippen MR) is 63.4 cm³/mol. The molecular weight excluding hydrogens is 200 g/mol. The van der Waals surface area contributed by atoms with Gasteiger partial charge in [0, 0.05) is 31.1 Å². The molecule has 2 aromatic rings. The van der Waals surface area contributed by atoms with Crippen molar-refractivity contribution >= 4 is 11.0 Å². The van der Waals surface area contributed by atoms with Gasteiger partial charge in [0.25, 0.3) is 0 Å². The number of rotatable bonds is 1. The van der Waals surface area contributed by atoms with E-state index in [1.165, 1.54) is 23.9 Å². The fraction of sp³-hybridized carbons (Fsp3) is 0.500. The van der Waals surface area contributed by atoms with E-state index in [2.05, 4.69) is 21.5 Å². The maximum atomic E-state index is 4.63.